The zero-order valence-corrected chi connectivity index (χ0v) is 15.8. The van der Waals surface area contributed by atoms with Gasteiger partial charge in [-0.1, -0.05) is 19.1 Å². The number of anilines is 1. The molecule has 0 fully saturated rings. The number of hydrogen-bond acceptors (Lipinski definition) is 4. The third kappa shape index (κ3) is 3.47. The van der Waals surface area contributed by atoms with Crippen LogP contribution in [0.3, 0.4) is 0 Å². The summed E-state index contributed by atoms with van der Waals surface area (Å²) in [4.78, 5) is 25.2. The smallest absolute Gasteiger partial charge is 0.329 e. The minimum atomic E-state index is -0.157. The van der Waals surface area contributed by atoms with Gasteiger partial charge in [0, 0.05) is 31.3 Å². The average molecular weight is 381 g/mol. The van der Waals surface area contributed by atoms with E-state index in [4.69, 9.17) is 9.47 Å². The van der Waals surface area contributed by atoms with Crippen LogP contribution in [0.5, 0.6) is 11.5 Å². The summed E-state index contributed by atoms with van der Waals surface area (Å²) >= 11 is 0. The first-order valence-corrected chi connectivity index (χ1v) is 9.55. The molecule has 3 aromatic rings. The molecule has 1 aliphatic rings. The van der Waals surface area contributed by atoms with Crippen LogP contribution in [0.25, 0.3) is 11.0 Å². The van der Waals surface area contributed by atoms with Crippen LogP contribution < -0.4 is 20.5 Å². The Morgan fingerprint density at radius 1 is 1.00 bits per heavy atom. The summed E-state index contributed by atoms with van der Waals surface area (Å²) in [7, 11) is 0. The lowest BCUT2D eigenvalue weighted by Gasteiger charge is -2.19. The first-order valence-electron chi connectivity index (χ1n) is 9.55. The molecule has 146 valence electrons. The van der Waals surface area contributed by atoms with Crippen molar-refractivity contribution in [3.8, 4) is 11.5 Å². The Bertz CT molecular complexity index is 1070. The molecule has 1 amide bonds. The molecule has 28 heavy (non-hydrogen) atoms. The quantitative estimate of drug-likeness (QED) is 0.712. The van der Waals surface area contributed by atoms with Crippen LogP contribution in [0.15, 0.2) is 47.3 Å². The van der Waals surface area contributed by atoms with E-state index in [9.17, 15) is 9.59 Å². The number of carbonyl (C=O) groups excluding carboxylic acids is 1. The van der Waals surface area contributed by atoms with E-state index in [1.807, 2.05) is 31.2 Å². The highest BCUT2D eigenvalue weighted by Gasteiger charge is 2.15. The Morgan fingerprint density at radius 2 is 1.68 bits per heavy atom. The maximum absolute atomic E-state index is 12.8. The van der Waals surface area contributed by atoms with Gasteiger partial charge in [0.1, 0.15) is 13.2 Å². The van der Waals surface area contributed by atoms with Crippen LogP contribution in [0.1, 0.15) is 19.8 Å². The molecule has 2 heterocycles. The molecule has 0 bridgehead atoms. The maximum Gasteiger partial charge on any atom is 0.329 e. The van der Waals surface area contributed by atoms with Gasteiger partial charge in [-0.3, -0.25) is 13.9 Å². The summed E-state index contributed by atoms with van der Waals surface area (Å²) in [5.41, 5.74) is 2.33. The number of ether oxygens (including phenoxy) is 2. The third-order valence-electron chi connectivity index (χ3n) is 4.76. The molecule has 0 spiro atoms. The molecule has 1 aliphatic heterocycles. The summed E-state index contributed by atoms with van der Waals surface area (Å²) in [6, 6.07) is 13.0. The number of para-hydroxylation sites is 2. The Kier molecular flexibility index (Phi) is 5.06. The highest BCUT2D eigenvalue weighted by atomic mass is 16.6. The molecule has 1 aromatic heterocycles. The van der Waals surface area contributed by atoms with E-state index in [-0.39, 0.29) is 18.0 Å². The van der Waals surface area contributed by atoms with Gasteiger partial charge in [-0.05, 0) is 30.7 Å². The molecule has 0 unspecified atom stereocenters. The van der Waals surface area contributed by atoms with Gasteiger partial charge in [0.2, 0.25) is 5.91 Å². The predicted octanol–water partition coefficient (Wildman–Crippen LogP) is 3.01. The van der Waals surface area contributed by atoms with Crippen LogP contribution in [-0.2, 0) is 17.9 Å². The molecule has 4 rings (SSSR count). The first kappa shape index (κ1) is 18.2. The normalized spacial score (nSPS) is 12.9. The number of imidazole rings is 1. The van der Waals surface area contributed by atoms with Gasteiger partial charge in [0.25, 0.3) is 0 Å². The van der Waals surface area contributed by atoms with Crippen molar-refractivity contribution in [3.05, 3.63) is 52.9 Å². The highest BCUT2D eigenvalue weighted by Crippen LogP contribution is 2.32. The standard InChI is InChI=1S/C21H23N3O4/c1-2-10-23-16-5-3-4-6-17(16)24(21(23)26)11-9-20(25)22-15-7-8-18-19(14-15)28-13-12-27-18/h3-8,14H,2,9-13H2,1H3,(H,22,25). The second-order valence-corrected chi connectivity index (χ2v) is 6.73. The van der Waals surface area contributed by atoms with Crippen molar-refractivity contribution in [1.29, 1.82) is 0 Å². The van der Waals surface area contributed by atoms with E-state index < -0.39 is 0 Å². The van der Waals surface area contributed by atoms with E-state index in [0.717, 1.165) is 17.5 Å². The topological polar surface area (TPSA) is 74.5 Å². The number of nitrogens with zero attached hydrogens (tertiary/aromatic N) is 2. The molecule has 0 saturated carbocycles. The summed E-state index contributed by atoms with van der Waals surface area (Å²) in [5.74, 6) is 1.15. The van der Waals surface area contributed by atoms with Crippen LogP contribution in [0.2, 0.25) is 0 Å². The Balaban J connectivity index is 1.48. The van der Waals surface area contributed by atoms with Crippen LogP contribution in [0.4, 0.5) is 5.69 Å². The lowest BCUT2D eigenvalue weighted by Crippen LogP contribution is -2.26. The average Bonchev–Trinajstić information content (AvgIpc) is 2.98. The van der Waals surface area contributed by atoms with Gasteiger partial charge in [-0.25, -0.2) is 4.79 Å². The third-order valence-corrected chi connectivity index (χ3v) is 4.76. The van der Waals surface area contributed by atoms with E-state index in [1.54, 1.807) is 27.3 Å². The van der Waals surface area contributed by atoms with Gasteiger partial charge in [-0.15, -0.1) is 0 Å². The van der Waals surface area contributed by atoms with Gasteiger partial charge >= 0.3 is 5.69 Å². The second-order valence-electron chi connectivity index (χ2n) is 6.73. The molecule has 2 aromatic carbocycles. The van der Waals surface area contributed by atoms with Gasteiger partial charge in [0.05, 0.1) is 11.0 Å². The summed E-state index contributed by atoms with van der Waals surface area (Å²) < 4.78 is 14.5. The minimum absolute atomic E-state index is 0.0739. The van der Waals surface area contributed by atoms with Gasteiger partial charge < -0.3 is 14.8 Å². The van der Waals surface area contributed by atoms with E-state index in [1.165, 1.54) is 0 Å². The molecule has 0 radical (unpaired) electrons. The Morgan fingerprint density at radius 3 is 2.39 bits per heavy atom. The molecule has 0 aliphatic carbocycles. The van der Waals surface area contributed by atoms with E-state index >= 15 is 0 Å². The molecule has 1 N–H and O–H groups in total. The fourth-order valence-electron chi connectivity index (χ4n) is 3.49. The molecule has 7 heteroatoms. The monoisotopic (exact) mass is 381 g/mol. The van der Waals surface area contributed by atoms with Crippen molar-refractivity contribution in [1.82, 2.24) is 9.13 Å². The zero-order chi connectivity index (χ0) is 19.5. The highest BCUT2D eigenvalue weighted by molar-refractivity contribution is 5.91. The fourth-order valence-corrected chi connectivity index (χ4v) is 3.49. The largest absolute Gasteiger partial charge is 0.486 e. The van der Waals surface area contributed by atoms with E-state index in [0.29, 0.717) is 43.5 Å². The van der Waals surface area contributed by atoms with Gasteiger partial charge in [-0.2, -0.15) is 0 Å². The number of benzene rings is 2. The van der Waals surface area contributed by atoms with Crippen LogP contribution in [-0.4, -0.2) is 28.3 Å². The minimum Gasteiger partial charge on any atom is -0.486 e. The maximum atomic E-state index is 12.8. The fraction of sp³-hybridized carbons (Fsp3) is 0.333. The number of fused-ring (bicyclic) bond motifs is 2. The molecule has 7 nitrogen and oxygen atoms in total. The van der Waals surface area contributed by atoms with E-state index in [2.05, 4.69) is 5.32 Å². The van der Waals surface area contributed by atoms with Crippen molar-refractivity contribution in [2.24, 2.45) is 0 Å². The van der Waals surface area contributed by atoms with Crippen molar-refractivity contribution in [2.45, 2.75) is 32.9 Å². The number of hydrogen-bond donors (Lipinski definition) is 1. The first-order chi connectivity index (χ1) is 13.7. The number of aryl methyl sites for hydroxylation is 2. The summed E-state index contributed by atoms with van der Waals surface area (Å²) in [6.07, 6.45) is 1.08. The SMILES string of the molecule is CCCn1c(=O)n(CCC(=O)Nc2ccc3c(c2)OCCO3)c2ccccc21. The van der Waals surface area contributed by atoms with Crippen molar-refractivity contribution in [3.63, 3.8) is 0 Å². The zero-order valence-electron chi connectivity index (χ0n) is 15.8. The lowest BCUT2D eigenvalue weighted by molar-refractivity contribution is -0.116. The number of carbonyl (C=O) groups is 1. The van der Waals surface area contributed by atoms with Crippen molar-refractivity contribution < 1.29 is 14.3 Å². The summed E-state index contributed by atoms with van der Waals surface area (Å²) in [6.45, 7) is 4.05. The predicted molar refractivity (Wildman–Crippen MR) is 107 cm³/mol. The second kappa shape index (κ2) is 7.80. The summed E-state index contributed by atoms with van der Waals surface area (Å²) in [5, 5.41) is 2.87. The van der Waals surface area contributed by atoms with Crippen LogP contribution >= 0.6 is 0 Å². The van der Waals surface area contributed by atoms with Crippen molar-refractivity contribution in [2.75, 3.05) is 18.5 Å². The lowest BCUT2D eigenvalue weighted by atomic mass is 10.2. The molecular weight excluding hydrogens is 358 g/mol. The number of rotatable bonds is 6. The molecular formula is C21H23N3O4. The Hall–Kier alpha value is -3.22. The Labute approximate surface area is 162 Å². The van der Waals surface area contributed by atoms with Crippen molar-refractivity contribution >= 4 is 22.6 Å². The number of aromatic nitrogens is 2. The number of nitrogens with one attached hydrogen (secondary N) is 1. The molecule has 0 atom stereocenters. The molecule has 0 saturated heterocycles. The van der Waals surface area contributed by atoms with Crippen LogP contribution in [0, 0.1) is 0 Å². The number of amides is 1. The van der Waals surface area contributed by atoms with Gasteiger partial charge in [0.15, 0.2) is 11.5 Å².